The van der Waals surface area contributed by atoms with Crippen LogP contribution in [0.2, 0.25) is 0 Å². The summed E-state index contributed by atoms with van der Waals surface area (Å²) in [6, 6.07) is 0.697. The van der Waals surface area contributed by atoms with E-state index in [1.165, 1.54) is 0 Å². The van der Waals surface area contributed by atoms with Crippen LogP contribution in [-0.4, -0.2) is 55.9 Å². The van der Waals surface area contributed by atoms with Crippen LogP contribution in [0.25, 0.3) is 0 Å². The number of nitrogens with one attached hydrogen (secondary N) is 2. The van der Waals surface area contributed by atoms with Gasteiger partial charge in [0.2, 0.25) is 0 Å². The maximum atomic E-state index is 11.5. The Balaban J connectivity index is 4.00. The molecule has 2 N–H and O–H groups in total. The zero-order chi connectivity index (χ0) is 15.9. The number of nitrogens with zero attached hydrogens (tertiary/aromatic N) is 1. The molecule has 0 heterocycles. The fraction of sp³-hybridized carbons (Fsp3) is 0.933. The maximum absolute atomic E-state index is 11.5. The largest absolute Gasteiger partial charge is 0.444 e. The van der Waals surface area contributed by atoms with Gasteiger partial charge in [0.05, 0.1) is 0 Å². The number of alkyl carbamates (subject to hydrolysis) is 1. The SMILES string of the molecule is CC(CNC(=O)OC(C)(C)C)NCC(C(C)C)N(C)C. The Morgan fingerprint density at radius 2 is 1.70 bits per heavy atom. The van der Waals surface area contributed by atoms with Gasteiger partial charge in [0.15, 0.2) is 0 Å². The van der Waals surface area contributed by atoms with E-state index in [0.717, 1.165) is 6.54 Å². The van der Waals surface area contributed by atoms with Crippen molar-refractivity contribution in [1.82, 2.24) is 15.5 Å². The highest BCUT2D eigenvalue weighted by atomic mass is 16.6. The maximum Gasteiger partial charge on any atom is 0.407 e. The predicted octanol–water partition coefficient (Wildman–Crippen LogP) is 2.08. The molecule has 5 nitrogen and oxygen atoms in total. The van der Waals surface area contributed by atoms with E-state index in [9.17, 15) is 4.79 Å². The number of likely N-dealkylation sites (N-methyl/N-ethyl adjacent to an activating group) is 1. The molecule has 5 heteroatoms. The van der Waals surface area contributed by atoms with Gasteiger partial charge in [-0.1, -0.05) is 13.8 Å². The molecule has 0 saturated carbocycles. The molecule has 2 atom stereocenters. The number of ether oxygens (including phenoxy) is 1. The van der Waals surface area contributed by atoms with Gasteiger partial charge < -0.3 is 20.3 Å². The minimum Gasteiger partial charge on any atom is -0.444 e. The molecular formula is C15H33N3O2. The van der Waals surface area contributed by atoms with Crippen LogP contribution in [0, 0.1) is 5.92 Å². The van der Waals surface area contributed by atoms with Gasteiger partial charge in [0, 0.05) is 25.2 Å². The van der Waals surface area contributed by atoms with Gasteiger partial charge in [-0.05, 0) is 47.7 Å². The van der Waals surface area contributed by atoms with Gasteiger partial charge in [0.25, 0.3) is 0 Å². The first kappa shape index (κ1) is 19.2. The monoisotopic (exact) mass is 287 g/mol. The molecular weight excluding hydrogens is 254 g/mol. The average molecular weight is 287 g/mol. The first-order chi connectivity index (χ1) is 9.03. The Morgan fingerprint density at radius 3 is 2.10 bits per heavy atom. The lowest BCUT2D eigenvalue weighted by molar-refractivity contribution is 0.0522. The van der Waals surface area contributed by atoms with E-state index in [0.29, 0.717) is 18.5 Å². The van der Waals surface area contributed by atoms with E-state index in [4.69, 9.17) is 4.74 Å². The van der Waals surface area contributed by atoms with Gasteiger partial charge in [-0.3, -0.25) is 0 Å². The number of carbonyl (C=O) groups excluding carboxylic acids is 1. The van der Waals surface area contributed by atoms with Crippen molar-refractivity contribution in [3.05, 3.63) is 0 Å². The van der Waals surface area contributed by atoms with Gasteiger partial charge in [-0.2, -0.15) is 0 Å². The van der Waals surface area contributed by atoms with Crippen LogP contribution in [0.1, 0.15) is 41.5 Å². The summed E-state index contributed by atoms with van der Waals surface area (Å²) in [5.74, 6) is 0.587. The molecule has 120 valence electrons. The Morgan fingerprint density at radius 1 is 1.15 bits per heavy atom. The number of hydrogen-bond donors (Lipinski definition) is 2. The lowest BCUT2D eigenvalue weighted by Crippen LogP contribution is -2.47. The minimum absolute atomic E-state index is 0.212. The molecule has 20 heavy (non-hydrogen) atoms. The summed E-state index contributed by atoms with van der Waals surface area (Å²) in [5.41, 5.74) is -0.450. The molecule has 0 bridgehead atoms. The lowest BCUT2D eigenvalue weighted by atomic mass is 10.0. The van der Waals surface area contributed by atoms with Crippen molar-refractivity contribution in [1.29, 1.82) is 0 Å². The van der Waals surface area contributed by atoms with Crippen LogP contribution in [-0.2, 0) is 4.74 Å². The van der Waals surface area contributed by atoms with Crippen LogP contribution >= 0.6 is 0 Å². The van der Waals surface area contributed by atoms with Crippen LogP contribution in [0.3, 0.4) is 0 Å². The van der Waals surface area contributed by atoms with Gasteiger partial charge in [-0.25, -0.2) is 4.79 Å². The van der Waals surface area contributed by atoms with Crippen molar-refractivity contribution < 1.29 is 9.53 Å². The van der Waals surface area contributed by atoms with Crippen molar-refractivity contribution in [2.75, 3.05) is 27.2 Å². The van der Waals surface area contributed by atoms with Crippen molar-refractivity contribution in [2.45, 2.75) is 59.2 Å². The van der Waals surface area contributed by atoms with Crippen molar-refractivity contribution >= 4 is 6.09 Å². The van der Waals surface area contributed by atoms with E-state index in [2.05, 4.69) is 50.4 Å². The highest BCUT2D eigenvalue weighted by Gasteiger charge is 2.18. The highest BCUT2D eigenvalue weighted by molar-refractivity contribution is 5.67. The first-order valence-electron chi connectivity index (χ1n) is 7.39. The third kappa shape index (κ3) is 9.15. The summed E-state index contributed by atoms with van der Waals surface area (Å²) in [6.07, 6.45) is -0.362. The minimum atomic E-state index is -0.450. The number of amides is 1. The summed E-state index contributed by atoms with van der Waals surface area (Å²) in [5, 5.41) is 6.24. The van der Waals surface area contributed by atoms with Crippen molar-refractivity contribution in [3.8, 4) is 0 Å². The molecule has 0 aromatic heterocycles. The molecule has 0 aliphatic carbocycles. The molecule has 0 aromatic rings. The van der Waals surface area contributed by atoms with Gasteiger partial charge >= 0.3 is 6.09 Å². The van der Waals surface area contributed by atoms with E-state index >= 15 is 0 Å². The fourth-order valence-electron chi connectivity index (χ4n) is 1.96. The van der Waals surface area contributed by atoms with Gasteiger partial charge in [0.1, 0.15) is 5.60 Å². The smallest absolute Gasteiger partial charge is 0.407 e. The summed E-state index contributed by atoms with van der Waals surface area (Å²) >= 11 is 0. The highest BCUT2D eigenvalue weighted by Crippen LogP contribution is 2.07. The zero-order valence-electron chi connectivity index (χ0n) is 14.4. The number of rotatable bonds is 7. The van der Waals surface area contributed by atoms with E-state index in [1.807, 2.05) is 20.8 Å². The molecule has 0 aliphatic heterocycles. The quantitative estimate of drug-likeness (QED) is 0.753. The van der Waals surface area contributed by atoms with Crippen LogP contribution in [0.15, 0.2) is 0 Å². The second kappa shape index (κ2) is 8.47. The summed E-state index contributed by atoms with van der Waals surface area (Å²) in [7, 11) is 4.19. The third-order valence-electron chi connectivity index (χ3n) is 3.06. The summed E-state index contributed by atoms with van der Waals surface area (Å²) in [6.45, 7) is 13.5. The Kier molecular flexibility index (Phi) is 8.13. The molecule has 0 rings (SSSR count). The third-order valence-corrected chi connectivity index (χ3v) is 3.06. The number of hydrogen-bond acceptors (Lipinski definition) is 4. The Bertz CT molecular complexity index is 277. The standard InChI is InChI=1S/C15H33N3O2/c1-11(2)13(18(7)8)10-16-12(3)9-17-14(19)20-15(4,5)6/h11-13,16H,9-10H2,1-8H3,(H,17,19). The molecule has 2 unspecified atom stereocenters. The first-order valence-corrected chi connectivity index (χ1v) is 7.39. The second-order valence-corrected chi connectivity index (χ2v) is 6.97. The lowest BCUT2D eigenvalue weighted by Gasteiger charge is -2.29. The van der Waals surface area contributed by atoms with Crippen molar-refractivity contribution in [3.63, 3.8) is 0 Å². The average Bonchev–Trinajstić information content (AvgIpc) is 2.23. The normalized spacial score (nSPS) is 15.3. The van der Waals surface area contributed by atoms with Crippen LogP contribution in [0.4, 0.5) is 4.79 Å². The Labute approximate surface area is 124 Å². The number of carbonyl (C=O) groups is 1. The predicted molar refractivity (Wildman–Crippen MR) is 84.0 cm³/mol. The van der Waals surface area contributed by atoms with Crippen molar-refractivity contribution in [2.24, 2.45) is 5.92 Å². The molecule has 0 aliphatic rings. The molecule has 1 amide bonds. The summed E-state index contributed by atoms with van der Waals surface area (Å²) < 4.78 is 5.20. The fourth-order valence-corrected chi connectivity index (χ4v) is 1.96. The molecule has 0 spiro atoms. The van der Waals surface area contributed by atoms with E-state index in [1.54, 1.807) is 0 Å². The molecule has 0 radical (unpaired) electrons. The zero-order valence-corrected chi connectivity index (χ0v) is 14.4. The summed E-state index contributed by atoms with van der Waals surface area (Å²) in [4.78, 5) is 13.8. The Hall–Kier alpha value is -0.810. The second-order valence-electron chi connectivity index (χ2n) is 6.97. The molecule has 0 aromatic carbocycles. The van der Waals surface area contributed by atoms with Gasteiger partial charge in [-0.15, -0.1) is 0 Å². The van der Waals surface area contributed by atoms with E-state index in [-0.39, 0.29) is 12.1 Å². The topological polar surface area (TPSA) is 53.6 Å². The molecule has 0 saturated heterocycles. The van der Waals surface area contributed by atoms with Crippen LogP contribution in [0.5, 0.6) is 0 Å². The van der Waals surface area contributed by atoms with Crippen LogP contribution < -0.4 is 10.6 Å². The van der Waals surface area contributed by atoms with E-state index < -0.39 is 5.60 Å². The molecule has 0 fully saturated rings.